The van der Waals surface area contributed by atoms with Crippen LogP contribution in [-0.4, -0.2) is 14.1 Å². The molecule has 0 unspecified atom stereocenters. The van der Waals surface area contributed by atoms with Gasteiger partial charge in [0.1, 0.15) is 11.5 Å². The van der Waals surface area contributed by atoms with Crippen molar-refractivity contribution in [3.63, 3.8) is 0 Å². The molecule has 0 amide bonds. The fourth-order valence-corrected chi connectivity index (χ4v) is 2.85. The maximum Gasteiger partial charge on any atom is 0.332 e. The van der Waals surface area contributed by atoms with Gasteiger partial charge < -0.3 is 4.98 Å². The van der Waals surface area contributed by atoms with Crippen molar-refractivity contribution in [2.75, 3.05) is 0 Å². The van der Waals surface area contributed by atoms with E-state index in [0.717, 1.165) is 3.57 Å². The number of hydrogen-bond acceptors (Lipinski definition) is 2. The number of benzene rings is 1. The Balaban J connectivity index is 2.48. The molecule has 0 bridgehead atoms. The summed E-state index contributed by atoms with van der Waals surface area (Å²) in [5.74, 6) is -0.516. The van der Waals surface area contributed by atoms with Gasteiger partial charge in [0.2, 0.25) is 0 Å². The summed E-state index contributed by atoms with van der Waals surface area (Å²) in [6, 6.07) is 6.17. The van der Waals surface area contributed by atoms with Crippen LogP contribution in [0.15, 0.2) is 33.9 Å². The molecule has 1 N–H and O–H groups in total. The maximum absolute atomic E-state index is 14.2. The van der Waals surface area contributed by atoms with Gasteiger partial charge in [0.25, 0.3) is 5.56 Å². The summed E-state index contributed by atoms with van der Waals surface area (Å²) in [7, 11) is 1.56. The van der Waals surface area contributed by atoms with Crippen LogP contribution in [0.4, 0.5) is 4.39 Å². The smallest absolute Gasteiger partial charge is 0.304 e. The molecule has 0 saturated carbocycles. The Labute approximate surface area is 132 Å². The Morgan fingerprint density at radius 3 is 2.62 bits per heavy atom. The molecule has 5 nitrogen and oxygen atoms in total. The number of H-pyrrole nitrogens is 1. The third-order valence-electron chi connectivity index (χ3n) is 3.37. The fraction of sp³-hybridized carbons (Fsp3) is 0.143. The van der Waals surface area contributed by atoms with E-state index < -0.39 is 11.5 Å². The number of hydrogen-bond donors (Lipinski definition) is 1. The third kappa shape index (κ3) is 2.11. The van der Waals surface area contributed by atoms with Gasteiger partial charge >= 0.3 is 5.69 Å². The SMILES string of the molecule is Cc1cc2[nH]c(=O)n(-c3ccc(I)cc3F)c2n(C)c1=O. The highest BCUT2D eigenvalue weighted by molar-refractivity contribution is 14.1. The van der Waals surface area contributed by atoms with E-state index in [4.69, 9.17) is 0 Å². The minimum absolute atomic E-state index is 0.116. The molecule has 0 fully saturated rings. The number of rotatable bonds is 1. The molecule has 3 aromatic rings. The number of nitrogens with one attached hydrogen (secondary N) is 1. The van der Waals surface area contributed by atoms with Crippen molar-refractivity contribution < 1.29 is 4.39 Å². The van der Waals surface area contributed by atoms with Gasteiger partial charge in [0.15, 0.2) is 0 Å². The zero-order chi connectivity index (χ0) is 15.3. The second-order valence-electron chi connectivity index (χ2n) is 4.79. The molecule has 2 heterocycles. The standard InChI is InChI=1S/C14H11FIN3O2/c1-7-5-10-12(18(2)13(7)20)19(14(21)17-10)11-4-3-8(16)6-9(11)15/h3-6H,1-2H3,(H,17,21). The highest BCUT2D eigenvalue weighted by Crippen LogP contribution is 2.19. The molecule has 0 atom stereocenters. The lowest BCUT2D eigenvalue weighted by molar-refractivity contribution is 0.615. The number of halogens is 2. The van der Waals surface area contributed by atoms with Crippen molar-refractivity contribution >= 4 is 33.8 Å². The van der Waals surface area contributed by atoms with E-state index in [2.05, 4.69) is 4.98 Å². The second-order valence-corrected chi connectivity index (χ2v) is 6.04. The molecule has 108 valence electrons. The van der Waals surface area contributed by atoms with Crippen molar-refractivity contribution in [3.05, 3.63) is 60.1 Å². The summed E-state index contributed by atoms with van der Waals surface area (Å²) in [5, 5.41) is 0. The van der Waals surface area contributed by atoms with E-state index in [1.54, 1.807) is 26.1 Å². The topological polar surface area (TPSA) is 59.8 Å². The minimum Gasteiger partial charge on any atom is -0.304 e. The van der Waals surface area contributed by atoms with Crippen LogP contribution in [0.25, 0.3) is 16.9 Å². The molecule has 0 spiro atoms. The van der Waals surface area contributed by atoms with Crippen LogP contribution >= 0.6 is 22.6 Å². The van der Waals surface area contributed by atoms with Crippen LogP contribution in [-0.2, 0) is 7.05 Å². The Morgan fingerprint density at radius 2 is 1.95 bits per heavy atom. The Kier molecular flexibility index (Phi) is 3.23. The molecule has 0 aliphatic carbocycles. The zero-order valence-corrected chi connectivity index (χ0v) is 13.4. The predicted molar refractivity (Wildman–Crippen MR) is 86.5 cm³/mol. The predicted octanol–water partition coefficient (Wildman–Crippen LogP) is 2.07. The molecular formula is C14H11FIN3O2. The molecule has 0 radical (unpaired) electrons. The molecule has 0 aliphatic rings. The monoisotopic (exact) mass is 399 g/mol. The first kappa shape index (κ1) is 14.1. The average Bonchev–Trinajstić information content (AvgIpc) is 2.73. The van der Waals surface area contributed by atoms with E-state index in [0.29, 0.717) is 16.7 Å². The Bertz CT molecular complexity index is 984. The number of nitrogens with zero attached hydrogens (tertiary/aromatic N) is 2. The third-order valence-corrected chi connectivity index (χ3v) is 4.04. The number of imidazole rings is 1. The molecule has 0 saturated heterocycles. The lowest BCUT2D eigenvalue weighted by Gasteiger charge is -2.08. The van der Waals surface area contributed by atoms with Crippen LogP contribution in [0, 0.1) is 16.3 Å². The molecule has 21 heavy (non-hydrogen) atoms. The maximum atomic E-state index is 14.2. The van der Waals surface area contributed by atoms with E-state index in [1.165, 1.54) is 21.3 Å². The minimum atomic E-state index is -0.516. The Hall–Kier alpha value is -1.90. The lowest BCUT2D eigenvalue weighted by Crippen LogP contribution is -2.23. The van der Waals surface area contributed by atoms with Crippen LogP contribution in [0.2, 0.25) is 0 Å². The van der Waals surface area contributed by atoms with Crippen LogP contribution in [0.3, 0.4) is 0 Å². The highest BCUT2D eigenvalue weighted by atomic mass is 127. The quantitative estimate of drug-likeness (QED) is 0.638. The van der Waals surface area contributed by atoms with Crippen LogP contribution < -0.4 is 11.2 Å². The van der Waals surface area contributed by atoms with E-state index >= 15 is 0 Å². The molecule has 1 aromatic carbocycles. The first-order valence-corrected chi connectivity index (χ1v) is 7.25. The van der Waals surface area contributed by atoms with Crippen LogP contribution in [0.5, 0.6) is 0 Å². The van der Waals surface area contributed by atoms with Gasteiger partial charge in [-0.3, -0.25) is 9.36 Å². The normalized spacial score (nSPS) is 11.2. The van der Waals surface area contributed by atoms with Crippen molar-refractivity contribution in [2.24, 2.45) is 7.05 Å². The van der Waals surface area contributed by atoms with Gasteiger partial charge in [-0.25, -0.2) is 13.8 Å². The van der Waals surface area contributed by atoms with Crippen molar-refractivity contribution in [3.8, 4) is 5.69 Å². The summed E-state index contributed by atoms with van der Waals surface area (Å²) in [5.41, 5.74) is 0.770. The molecule has 2 aromatic heterocycles. The second kappa shape index (κ2) is 4.83. The number of fused-ring (bicyclic) bond motifs is 1. The van der Waals surface area contributed by atoms with Gasteiger partial charge in [-0.05, 0) is 53.8 Å². The van der Waals surface area contributed by atoms with Gasteiger partial charge in [-0.1, -0.05) is 0 Å². The lowest BCUT2D eigenvalue weighted by atomic mass is 10.2. The highest BCUT2D eigenvalue weighted by Gasteiger charge is 2.16. The summed E-state index contributed by atoms with van der Waals surface area (Å²) < 4.78 is 17.4. The first-order chi connectivity index (χ1) is 9.90. The van der Waals surface area contributed by atoms with E-state index in [-0.39, 0.29) is 11.2 Å². The van der Waals surface area contributed by atoms with E-state index in [9.17, 15) is 14.0 Å². The van der Waals surface area contributed by atoms with Gasteiger partial charge in [-0.2, -0.15) is 0 Å². The average molecular weight is 399 g/mol. The number of aromatic amines is 1. The summed E-state index contributed by atoms with van der Waals surface area (Å²) in [6.45, 7) is 1.67. The molecule has 7 heteroatoms. The largest absolute Gasteiger partial charge is 0.332 e. The number of aromatic nitrogens is 3. The summed E-state index contributed by atoms with van der Waals surface area (Å²) >= 11 is 1.99. The Morgan fingerprint density at radius 1 is 1.24 bits per heavy atom. The summed E-state index contributed by atoms with van der Waals surface area (Å²) in [6.07, 6.45) is 0. The number of aryl methyl sites for hydroxylation is 2. The number of pyridine rings is 1. The van der Waals surface area contributed by atoms with Crippen molar-refractivity contribution in [1.82, 2.24) is 14.1 Å². The van der Waals surface area contributed by atoms with Gasteiger partial charge in [0, 0.05) is 16.2 Å². The molecule has 3 rings (SSSR count). The van der Waals surface area contributed by atoms with Crippen molar-refractivity contribution in [1.29, 1.82) is 0 Å². The zero-order valence-electron chi connectivity index (χ0n) is 11.3. The molecular weight excluding hydrogens is 388 g/mol. The molecule has 0 aliphatic heterocycles. The fourth-order valence-electron chi connectivity index (χ4n) is 2.40. The van der Waals surface area contributed by atoms with Gasteiger partial charge in [-0.15, -0.1) is 0 Å². The first-order valence-electron chi connectivity index (χ1n) is 6.17. The van der Waals surface area contributed by atoms with Crippen LogP contribution in [0.1, 0.15) is 5.56 Å². The van der Waals surface area contributed by atoms with E-state index in [1.807, 2.05) is 22.6 Å². The summed E-state index contributed by atoms with van der Waals surface area (Å²) in [4.78, 5) is 26.9. The van der Waals surface area contributed by atoms with Crippen molar-refractivity contribution in [2.45, 2.75) is 6.92 Å². The van der Waals surface area contributed by atoms with Gasteiger partial charge in [0.05, 0.1) is 11.2 Å².